The summed E-state index contributed by atoms with van der Waals surface area (Å²) < 4.78 is 0. The largest absolute Gasteiger partial charge is 0.505 e. The van der Waals surface area contributed by atoms with Gasteiger partial charge >= 0.3 is 5.97 Å². The van der Waals surface area contributed by atoms with Crippen LogP contribution in [-0.2, 0) is 11.4 Å². The summed E-state index contributed by atoms with van der Waals surface area (Å²) in [5.74, 6) is -0.746. The fourth-order valence-corrected chi connectivity index (χ4v) is 1.73. The summed E-state index contributed by atoms with van der Waals surface area (Å²) in [6.07, 6.45) is 5.48. The molecule has 6 nitrogen and oxygen atoms in total. The van der Waals surface area contributed by atoms with Gasteiger partial charge in [-0.1, -0.05) is 6.42 Å². The summed E-state index contributed by atoms with van der Waals surface area (Å²) >= 11 is 0. The predicted octanol–water partition coefficient (Wildman–Crippen LogP) is 1.65. The summed E-state index contributed by atoms with van der Waals surface area (Å²) in [4.78, 5) is 18.5. The molecule has 1 aromatic heterocycles. The maximum Gasteiger partial charge on any atom is 0.303 e. The summed E-state index contributed by atoms with van der Waals surface area (Å²) in [7, 11) is 0. The van der Waals surface area contributed by atoms with Crippen LogP contribution in [-0.4, -0.2) is 39.0 Å². The molecule has 110 valence electrons. The van der Waals surface area contributed by atoms with Crippen LogP contribution in [0.1, 0.15) is 42.5 Å². The molecule has 0 fully saturated rings. The highest BCUT2D eigenvalue weighted by atomic mass is 16.4. The monoisotopic (exact) mass is 280 g/mol. The van der Waals surface area contributed by atoms with Crippen LogP contribution >= 0.6 is 0 Å². The Morgan fingerprint density at radius 3 is 2.80 bits per heavy atom. The third kappa shape index (κ3) is 4.97. The lowest BCUT2D eigenvalue weighted by atomic mass is 10.1. The first kappa shape index (κ1) is 16.1. The molecule has 0 saturated heterocycles. The number of aliphatic carboxylic acids is 1. The fraction of sp³-hybridized carbons (Fsp3) is 0.500. The van der Waals surface area contributed by atoms with E-state index in [-0.39, 0.29) is 18.8 Å². The number of pyridine rings is 1. The molecule has 0 spiro atoms. The molecular formula is C14H20N2O4. The van der Waals surface area contributed by atoms with Gasteiger partial charge in [0.05, 0.1) is 12.3 Å². The average Bonchev–Trinajstić information content (AvgIpc) is 2.42. The lowest BCUT2D eigenvalue weighted by molar-refractivity contribution is -0.137. The number of nitrogens with zero attached hydrogens (tertiary/aromatic N) is 2. The average molecular weight is 280 g/mol. The minimum absolute atomic E-state index is 0.0335. The molecule has 0 amide bonds. The van der Waals surface area contributed by atoms with Gasteiger partial charge in [0.25, 0.3) is 0 Å². The lowest BCUT2D eigenvalue weighted by Gasteiger charge is -2.06. The van der Waals surface area contributed by atoms with E-state index >= 15 is 0 Å². The summed E-state index contributed by atoms with van der Waals surface area (Å²) in [6, 6.07) is 0. The van der Waals surface area contributed by atoms with Gasteiger partial charge in [0.15, 0.2) is 0 Å². The predicted molar refractivity (Wildman–Crippen MR) is 75.1 cm³/mol. The van der Waals surface area contributed by atoms with Crippen molar-refractivity contribution in [2.75, 3.05) is 6.54 Å². The molecule has 0 radical (unpaired) electrons. The van der Waals surface area contributed by atoms with Gasteiger partial charge < -0.3 is 15.3 Å². The van der Waals surface area contributed by atoms with Crippen LogP contribution in [0, 0.1) is 6.92 Å². The molecule has 0 atom stereocenters. The van der Waals surface area contributed by atoms with Gasteiger partial charge in [0, 0.05) is 36.5 Å². The van der Waals surface area contributed by atoms with Crippen LogP contribution in [0.25, 0.3) is 0 Å². The van der Waals surface area contributed by atoms with Crippen LogP contribution in [0.15, 0.2) is 11.2 Å². The maximum absolute atomic E-state index is 10.3. The number of aromatic hydroxyl groups is 1. The Kier molecular flexibility index (Phi) is 6.66. The number of hydrogen-bond donors (Lipinski definition) is 3. The van der Waals surface area contributed by atoms with E-state index < -0.39 is 5.97 Å². The molecule has 3 N–H and O–H groups in total. The Balaban J connectivity index is 2.50. The Morgan fingerprint density at radius 2 is 2.15 bits per heavy atom. The lowest BCUT2D eigenvalue weighted by Crippen LogP contribution is -1.98. The van der Waals surface area contributed by atoms with Gasteiger partial charge in [-0.05, 0) is 19.8 Å². The second-order valence-corrected chi connectivity index (χ2v) is 4.53. The number of aliphatic hydroxyl groups excluding tert-OH is 1. The summed E-state index contributed by atoms with van der Waals surface area (Å²) in [5.41, 5.74) is 1.51. The number of hydrogen-bond acceptors (Lipinski definition) is 5. The summed E-state index contributed by atoms with van der Waals surface area (Å²) in [5, 5.41) is 27.6. The number of aliphatic hydroxyl groups is 1. The van der Waals surface area contributed by atoms with Crippen LogP contribution in [0.3, 0.4) is 0 Å². The Morgan fingerprint density at radius 1 is 1.40 bits per heavy atom. The molecule has 6 heteroatoms. The van der Waals surface area contributed by atoms with E-state index in [1.807, 2.05) is 0 Å². The fourth-order valence-electron chi connectivity index (χ4n) is 1.73. The molecule has 0 saturated carbocycles. The third-order valence-electron chi connectivity index (χ3n) is 2.93. The molecular weight excluding hydrogens is 260 g/mol. The highest BCUT2D eigenvalue weighted by molar-refractivity contribution is 5.85. The number of rotatable bonds is 8. The first-order valence-electron chi connectivity index (χ1n) is 6.56. The van der Waals surface area contributed by atoms with Gasteiger partial charge in [-0.15, -0.1) is 0 Å². The van der Waals surface area contributed by atoms with Crippen molar-refractivity contribution < 1.29 is 20.1 Å². The molecule has 20 heavy (non-hydrogen) atoms. The SMILES string of the molecule is Cc1ncc(CO)c(C=NCCCCCC(=O)O)c1O. The second-order valence-electron chi connectivity index (χ2n) is 4.53. The molecule has 1 rings (SSSR count). The van der Waals surface area contributed by atoms with E-state index in [1.165, 1.54) is 12.4 Å². The number of carboxylic acid groups (broad SMARTS) is 1. The molecule has 0 bridgehead atoms. The minimum Gasteiger partial charge on any atom is -0.505 e. The van der Waals surface area contributed by atoms with Crippen LogP contribution in [0.2, 0.25) is 0 Å². The number of aryl methyl sites for hydroxylation is 1. The highest BCUT2D eigenvalue weighted by Gasteiger charge is 2.08. The van der Waals surface area contributed by atoms with Gasteiger partial charge in [0.2, 0.25) is 0 Å². The van der Waals surface area contributed by atoms with Crippen molar-refractivity contribution in [2.45, 2.75) is 39.2 Å². The van der Waals surface area contributed by atoms with E-state index in [4.69, 9.17) is 5.11 Å². The Hall–Kier alpha value is -1.95. The van der Waals surface area contributed by atoms with E-state index in [0.717, 1.165) is 12.8 Å². The Bertz CT molecular complexity index is 486. The third-order valence-corrected chi connectivity index (χ3v) is 2.93. The molecule has 1 heterocycles. The zero-order valence-corrected chi connectivity index (χ0v) is 11.5. The van der Waals surface area contributed by atoms with E-state index in [9.17, 15) is 15.0 Å². The van der Waals surface area contributed by atoms with Gasteiger partial charge in [-0.2, -0.15) is 0 Å². The van der Waals surface area contributed by atoms with E-state index in [0.29, 0.717) is 29.8 Å². The minimum atomic E-state index is -0.779. The first-order valence-corrected chi connectivity index (χ1v) is 6.56. The second kappa shape index (κ2) is 8.27. The highest BCUT2D eigenvalue weighted by Crippen LogP contribution is 2.21. The van der Waals surface area contributed by atoms with Gasteiger partial charge in [-0.25, -0.2) is 0 Å². The first-order chi connectivity index (χ1) is 9.56. The van der Waals surface area contributed by atoms with E-state index in [2.05, 4.69) is 9.98 Å². The van der Waals surface area contributed by atoms with Crippen molar-refractivity contribution >= 4 is 12.2 Å². The summed E-state index contributed by atoms with van der Waals surface area (Å²) in [6.45, 7) is 2.03. The number of aliphatic imine (C=N–C) groups is 1. The zero-order valence-electron chi connectivity index (χ0n) is 11.5. The van der Waals surface area contributed by atoms with Crippen LogP contribution < -0.4 is 0 Å². The number of carboxylic acids is 1. The topological polar surface area (TPSA) is 103 Å². The molecule has 0 aliphatic rings. The van der Waals surface area contributed by atoms with Gasteiger partial charge in [0.1, 0.15) is 5.75 Å². The molecule has 0 aliphatic carbocycles. The molecule has 1 aromatic rings. The number of aromatic nitrogens is 1. The van der Waals surface area contributed by atoms with Crippen LogP contribution in [0.5, 0.6) is 5.75 Å². The van der Waals surface area contributed by atoms with Crippen molar-refractivity contribution in [3.05, 3.63) is 23.0 Å². The standard InChI is InChI=1S/C14H20N2O4/c1-10-14(20)12(11(9-17)7-16-10)8-15-6-4-2-3-5-13(18)19/h7-8,17,20H,2-6,9H2,1H3,(H,18,19). The van der Waals surface area contributed by atoms with Gasteiger partial charge in [-0.3, -0.25) is 14.8 Å². The van der Waals surface area contributed by atoms with Crippen molar-refractivity contribution in [2.24, 2.45) is 4.99 Å². The maximum atomic E-state index is 10.3. The van der Waals surface area contributed by atoms with Crippen molar-refractivity contribution in [1.29, 1.82) is 0 Å². The van der Waals surface area contributed by atoms with Crippen molar-refractivity contribution in [3.8, 4) is 5.75 Å². The van der Waals surface area contributed by atoms with Crippen molar-refractivity contribution in [1.82, 2.24) is 4.98 Å². The quantitative estimate of drug-likeness (QED) is 0.496. The zero-order chi connectivity index (χ0) is 15.0. The normalized spacial score (nSPS) is 11.1. The van der Waals surface area contributed by atoms with E-state index in [1.54, 1.807) is 6.92 Å². The number of unbranched alkanes of at least 4 members (excludes halogenated alkanes) is 2. The Labute approximate surface area is 117 Å². The molecule has 0 unspecified atom stereocenters. The van der Waals surface area contributed by atoms with Crippen LogP contribution in [0.4, 0.5) is 0 Å². The van der Waals surface area contributed by atoms with Crippen molar-refractivity contribution in [3.63, 3.8) is 0 Å². The molecule has 0 aromatic carbocycles. The molecule has 0 aliphatic heterocycles. The smallest absolute Gasteiger partial charge is 0.303 e. The number of carbonyl (C=O) groups is 1.